The van der Waals surface area contributed by atoms with Crippen LogP contribution in [0, 0.1) is 20.8 Å². The van der Waals surface area contributed by atoms with Gasteiger partial charge in [0.1, 0.15) is 11.5 Å². The molecule has 14 heavy (non-hydrogen) atoms. The molecule has 0 saturated heterocycles. The number of phenolic OH excluding ortho intramolecular Hbond substituents is 1. The number of phenols is 1. The van der Waals surface area contributed by atoms with E-state index in [9.17, 15) is 9.90 Å². The first-order chi connectivity index (χ1) is 6.52. The number of benzene rings is 1. The van der Waals surface area contributed by atoms with Gasteiger partial charge in [-0.3, -0.25) is 4.79 Å². The molecule has 0 amide bonds. The van der Waals surface area contributed by atoms with Crippen molar-refractivity contribution in [3.8, 4) is 11.5 Å². The average molecular weight is 192 g/mol. The van der Waals surface area contributed by atoms with Crippen molar-refractivity contribution < 1.29 is 14.6 Å². The minimum Gasteiger partial charge on any atom is -0.507 e. The molecule has 1 heterocycles. The highest BCUT2D eigenvalue weighted by Crippen LogP contribution is 2.40. The molecule has 1 aliphatic heterocycles. The van der Waals surface area contributed by atoms with Gasteiger partial charge in [0.15, 0.2) is 0 Å². The van der Waals surface area contributed by atoms with Gasteiger partial charge >= 0.3 is 5.97 Å². The van der Waals surface area contributed by atoms with Crippen molar-refractivity contribution in [2.45, 2.75) is 27.2 Å². The Balaban J connectivity index is 2.76. The Morgan fingerprint density at radius 1 is 1.14 bits per heavy atom. The number of ether oxygens (including phenoxy) is 1. The summed E-state index contributed by atoms with van der Waals surface area (Å²) < 4.78 is 5.10. The second-order valence-electron chi connectivity index (χ2n) is 3.68. The van der Waals surface area contributed by atoms with Gasteiger partial charge in [0.2, 0.25) is 0 Å². The molecule has 0 atom stereocenters. The molecule has 1 aromatic carbocycles. The van der Waals surface area contributed by atoms with Gasteiger partial charge in [-0.2, -0.15) is 0 Å². The summed E-state index contributed by atoms with van der Waals surface area (Å²) in [6, 6.07) is 0. The van der Waals surface area contributed by atoms with E-state index in [4.69, 9.17) is 4.74 Å². The van der Waals surface area contributed by atoms with Crippen LogP contribution in [0.1, 0.15) is 22.3 Å². The number of hydrogen-bond donors (Lipinski definition) is 1. The van der Waals surface area contributed by atoms with Gasteiger partial charge in [0.25, 0.3) is 0 Å². The monoisotopic (exact) mass is 192 g/mol. The predicted octanol–water partition coefficient (Wildman–Crippen LogP) is 1.78. The molecular formula is C11H12O3. The molecule has 0 fully saturated rings. The van der Waals surface area contributed by atoms with Gasteiger partial charge in [-0.1, -0.05) is 0 Å². The third-order valence-corrected chi connectivity index (χ3v) is 2.88. The average Bonchev–Trinajstić information content (AvgIpc) is 2.54. The zero-order chi connectivity index (χ0) is 10.5. The summed E-state index contributed by atoms with van der Waals surface area (Å²) in [5.41, 5.74) is 3.23. The van der Waals surface area contributed by atoms with Crippen molar-refractivity contribution in [3.05, 3.63) is 22.3 Å². The van der Waals surface area contributed by atoms with E-state index in [1.54, 1.807) is 0 Å². The van der Waals surface area contributed by atoms with E-state index in [1.807, 2.05) is 20.8 Å². The fourth-order valence-electron chi connectivity index (χ4n) is 1.81. The molecule has 0 radical (unpaired) electrons. The molecule has 1 aromatic rings. The van der Waals surface area contributed by atoms with Crippen molar-refractivity contribution in [3.63, 3.8) is 0 Å². The zero-order valence-electron chi connectivity index (χ0n) is 8.47. The molecule has 0 aromatic heterocycles. The fourth-order valence-corrected chi connectivity index (χ4v) is 1.81. The summed E-state index contributed by atoms with van der Waals surface area (Å²) in [6.45, 7) is 5.48. The van der Waals surface area contributed by atoms with Gasteiger partial charge < -0.3 is 9.84 Å². The van der Waals surface area contributed by atoms with Crippen LogP contribution in [0.5, 0.6) is 11.5 Å². The topological polar surface area (TPSA) is 46.5 Å². The molecule has 1 N–H and O–H groups in total. The van der Waals surface area contributed by atoms with Crippen LogP contribution in [0.2, 0.25) is 0 Å². The van der Waals surface area contributed by atoms with Crippen molar-refractivity contribution in [1.29, 1.82) is 0 Å². The quantitative estimate of drug-likeness (QED) is 0.503. The molecule has 0 bridgehead atoms. The molecule has 3 nitrogen and oxygen atoms in total. The molecule has 74 valence electrons. The maximum Gasteiger partial charge on any atom is 0.315 e. The number of esters is 1. The summed E-state index contributed by atoms with van der Waals surface area (Å²) in [7, 11) is 0. The summed E-state index contributed by atoms with van der Waals surface area (Å²) in [5.74, 6) is 0.679. The Kier molecular flexibility index (Phi) is 1.77. The van der Waals surface area contributed by atoms with Crippen LogP contribution in [-0.2, 0) is 11.2 Å². The van der Waals surface area contributed by atoms with E-state index in [-0.39, 0.29) is 18.1 Å². The maximum atomic E-state index is 11.1. The molecule has 1 aliphatic rings. The first-order valence-corrected chi connectivity index (χ1v) is 4.54. The maximum absolute atomic E-state index is 11.1. The molecular weight excluding hydrogens is 180 g/mol. The molecule has 2 rings (SSSR count). The lowest BCUT2D eigenvalue weighted by Crippen LogP contribution is -2.00. The first kappa shape index (κ1) is 9.06. The highest BCUT2D eigenvalue weighted by atomic mass is 16.5. The Morgan fingerprint density at radius 2 is 1.79 bits per heavy atom. The Hall–Kier alpha value is -1.51. The van der Waals surface area contributed by atoms with Gasteiger partial charge in [-0.15, -0.1) is 0 Å². The second kappa shape index (κ2) is 2.74. The normalized spacial score (nSPS) is 14.1. The minimum absolute atomic E-state index is 0.240. The minimum atomic E-state index is -0.240. The Bertz CT molecular complexity index is 394. The smallest absolute Gasteiger partial charge is 0.315 e. The van der Waals surface area contributed by atoms with E-state index in [1.165, 1.54) is 0 Å². The van der Waals surface area contributed by atoms with E-state index >= 15 is 0 Å². The van der Waals surface area contributed by atoms with Crippen LogP contribution in [0.4, 0.5) is 0 Å². The number of hydrogen-bond acceptors (Lipinski definition) is 3. The summed E-state index contributed by atoms with van der Waals surface area (Å²) in [5, 5.41) is 9.77. The summed E-state index contributed by atoms with van der Waals surface area (Å²) in [4.78, 5) is 11.1. The molecule has 3 heteroatoms. The van der Waals surface area contributed by atoms with Gasteiger partial charge in [0.05, 0.1) is 6.42 Å². The lowest BCUT2D eigenvalue weighted by atomic mass is 9.97. The summed E-state index contributed by atoms with van der Waals surface area (Å²) >= 11 is 0. The molecule has 0 unspecified atom stereocenters. The van der Waals surface area contributed by atoms with Crippen LogP contribution < -0.4 is 4.74 Å². The Morgan fingerprint density at radius 3 is 2.43 bits per heavy atom. The van der Waals surface area contributed by atoms with Crippen LogP contribution >= 0.6 is 0 Å². The highest BCUT2D eigenvalue weighted by molar-refractivity contribution is 5.83. The third-order valence-electron chi connectivity index (χ3n) is 2.88. The number of carbonyl (C=O) groups excluding carboxylic acids is 1. The molecule has 0 aliphatic carbocycles. The second-order valence-corrected chi connectivity index (χ2v) is 3.68. The number of rotatable bonds is 0. The largest absolute Gasteiger partial charge is 0.507 e. The first-order valence-electron chi connectivity index (χ1n) is 4.54. The lowest BCUT2D eigenvalue weighted by Gasteiger charge is -2.11. The number of aromatic hydroxyl groups is 1. The summed E-state index contributed by atoms with van der Waals surface area (Å²) in [6.07, 6.45) is 0.274. The van der Waals surface area contributed by atoms with E-state index in [2.05, 4.69) is 0 Å². The highest BCUT2D eigenvalue weighted by Gasteiger charge is 2.27. The fraction of sp³-hybridized carbons (Fsp3) is 0.364. The SMILES string of the molecule is Cc1c(C)c2c(c(C)c1O)CC(=O)O2. The predicted molar refractivity (Wildman–Crippen MR) is 51.7 cm³/mol. The van der Waals surface area contributed by atoms with E-state index in [0.717, 1.165) is 22.3 Å². The van der Waals surface area contributed by atoms with Crippen LogP contribution in [0.15, 0.2) is 0 Å². The van der Waals surface area contributed by atoms with Crippen LogP contribution in [0.3, 0.4) is 0 Å². The van der Waals surface area contributed by atoms with Crippen LogP contribution in [-0.4, -0.2) is 11.1 Å². The zero-order valence-corrected chi connectivity index (χ0v) is 8.47. The van der Waals surface area contributed by atoms with Crippen molar-refractivity contribution >= 4 is 5.97 Å². The van der Waals surface area contributed by atoms with Crippen molar-refractivity contribution in [1.82, 2.24) is 0 Å². The van der Waals surface area contributed by atoms with Gasteiger partial charge in [-0.25, -0.2) is 0 Å². The van der Waals surface area contributed by atoms with Crippen molar-refractivity contribution in [2.24, 2.45) is 0 Å². The van der Waals surface area contributed by atoms with E-state index in [0.29, 0.717) is 5.75 Å². The van der Waals surface area contributed by atoms with E-state index < -0.39 is 0 Å². The van der Waals surface area contributed by atoms with Gasteiger partial charge in [0, 0.05) is 5.56 Å². The van der Waals surface area contributed by atoms with Crippen LogP contribution in [0.25, 0.3) is 0 Å². The number of fused-ring (bicyclic) bond motifs is 1. The molecule has 0 saturated carbocycles. The lowest BCUT2D eigenvalue weighted by molar-refractivity contribution is -0.131. The number of carbonyl (C=O) groups is 1. The Labute approximate surface area is 82.3 Å². The standard InChI is InChI=1S/C11H12O3/c1-5-6(2)11-8(4-9(12)14-11)7(3)10(5)13/h13H,4H2,1-3H3. The third kappa shape index (κ3) is 1.02. The molecule has 0 spiro atoms. The van der Waals surface area contributed by atoms with Gasteiger partial charge in [-0.05, 0) is 37.5 Å². The van der Waals surface area contributed by atoms with Crippen molar-refractivity contribution in [2.75, 3.05) is 0 Å².